The van der Waals surface area contributed by atoms with Crippen molar-refractivity contribution in [2.45, 2.75) is 282 Å². The fraction of sp³-hybridized carbons (Fsp3) is 0.968. The maximum absolute atomic E-state index is 5.15. The molecule has 0 spiro atoms. The monoisotopic (exact) mass is 895 g/mol. The van der Waals surface area contributed by atoms with Gasteiger partial charge in [-0.15, -0.1) is 0 Å². The number of hydrogen-bond acceptors (Lipinski definition) is 2. The smallest absolute Gasteiger partial charge is 0.0547 e. The van der Waals surface area contributed by atoms with Crippen LogP contribution in [0.2, 0.25) is 0 Å². The maximum Gasteiger partial charge on any atom is 0.0547 e. The molecule has 8 bridgehead atoms. The summed E-state index contributed by atoms with van der Waals surface area (Å²) < 4.78 is 10.2. The zero-order valence-corrected chi connectivity index (χ0v) is 46.1. The van der Waals surface area contributed by atoms with E-state index in [1.165, 1.54) is 138 Å². The maximum atomic E-state index is 5.15. The lowest BCUT2D eigenvalue weighted by molar-refractivity contribution is 0.0968. The van der Waals surface area contributed by atoms with Crippen LogP contribution in [0.5, 0.6) is 0 Å². The van der Waals surface area contributed by atoms with E-state index in [2.05, 4.69) is 46.8 Å². The highest BCUT2D eigenvalue weighted by Gasteiger charge is 2.55. The van der Waals surface area contributed by atoms with Crippen molar-refractivity contribution in [2.24, 2.45) is 81.8 Å². The van der Waals surface area contributed by atoms with Gasteiger partial charge in [-0.05, 0) is 211 Å². The minimum atomic E-state index is 0.546. The van der Waals surface area contributed by atoms with Crippen molar-refractivity contribution in [3.05, 3.63) is 12.2 Å². The SMILES string of the molecule is C1=CC2C3CCC(C3)C2C1.C1CC2C3CCC(C3)C2C1.C1CC2CCC1C2.C1CCOCC1.CC.CC.CC.CC.CC12CCC(CC1)C2(C)C.CC1CCCCC1.CC1CCCO1. The molecule has 2 nitrogen and oxygen atoms in total. The molecule has 2 heterocycles. The normalized spacial score (nSPS) is 39.5. The number of fused-ring (bicyclic) bond motifs is 14. The van der Waals surface area contributed by atoms with Crippen molar-refractivity contribution >= 4 is 0 Å². The molecule has 11 aliphatic carbocycles. The van der Waals surface area contributed by atoms with Crippen molar-refractivity contribution in [1.29, 1.82) is 0 Å². The fourth-order valence-electron chi connectivity index (χ4n) is 15.5. The average molecular weight is 896 g/mol. The summed E-state index contributed by atoms with van der Waals surface area (Å²) in [6.07, 6.45) is 48.8. The van der Waals surface area contributed by atoms with E-state index in [9.17, 15) is 0 Å². The fourth-order valence-corrected chi connectivity index (χ4v) is 15.5. The van der Waals surface area contributed by atoms with Gasteiger partial charge in [-0.25, -0.2) is 0 Å². The Morgan fingerprint density at radius 3 is 1.25 bits per heavy atom. The lowest BCUT2D eigenvalue weighted by Crippen LogP contribution is -2.26. The topological polar surface area (TPSA) is 18.5 Å². The first-order valence-corrected chi connectivity index (χ1v) is 30.1. The summed E-state index contributed by atoms with van der Waals surface area (Å²) >= 11 is 0. The zero-order valence-electron chi connectivity index (χ0n) is 46.1. The molecule has 0 aromatic rings. The molecule has 9 atom stereocenters. The van der Waals surface area contributed by atoms with Crippen molar-refractivity contribution < 1.29 is 9.47 Å². The highest BCUT2D eigenvalue weighted by atomic mass is 16.5. The molecule has 13 aliphatic rings. The molecule has 2 heteroatoms. The van der Waals surface area contributed by atoms with Crippen LogP contribution < -0.4 is 0 Å². The summed E-state index contributed by atoms with van der Waals surface area (Å²) in [7, 11) is 0. The molecule has 9 unspecified atom stereocenters. The molecule has 0 aromatic heterocycles. The van der Waals surface area contributed by atoms with E-state index >= 15 is 0 Å². The van der Waals surface area contributed by atoms with Gasteiger partial charge in [0.05, 0.1) is 6.10 Å². The summed E-state index contributed by atoms with van der Waals surface area (Å²) in [5, 5.41) is 0. The summed E-state index contributed by atoms with van der Waals surface area (Å²) in [5.74, 6) is 13.6. The quantitative estimate of drug-likeness (QED) is 0.226. The second kappa shape index (κ2) is 31.7. The van der Waals surface area contributed by atoms with Crippen LogP contribution in [-0.4, -0.2) is 25.9 Å². The van der Waals surface area contributed by atoms with Crippen molar-refractivity contribution in [2.75, 3.05) is 19.8 Å². The predicted molar refractivity (Wildman–Crippen MR) is 284 cm³/mol. The van der Waals surface area contributed by atoms with Gasteiger partial charge >= 0.3 is 0 Å². The molecule has 64 heavy (non-hydrogen) atoms. The van der Waals surface area contributed by atoms with Crippen LogP contribution in [0.1, 0.15) is 276 Å². The molecule has 10 saturated carbocycles. The van der Waals surface area contributed by atoms with Crippen LogP contribution in [0.15, 0.2) is 12.2 Å². The molecule has 12 fully saturated rings. The van der Waals surface area contributed by atoms with Gasteiger partial charge in [0, 0.05) is 19.8 Å². The molecule has 0 aromatic carbocycles. The molecule has 378 valence electrons. The van der Waals surface area contributed by atoms with Crippen LogP contribution in [0.25, 0.3) is 0 Å². The van der Waals surface area contributed by atoms with Gasteiger partial charge in [0.25, 0.3) is 0 Å². The van der Waals surface area contributed by atoms with Gasteiger partial charge in [-0.3, -0.25) is 0 Å². The molecular formula is C62H118O2. The highest BCUT2D eigenvalue weighted by Crippen LogP contribution is 2.65. The number of rotatable bonds is 0. The lowest BCUT2D eigenvalue weighted by Gasteiger charge is -2.34. The van der Waals surface area contributed by atoms with Gasteiger partial charge < -0.3 is 9.47 Å². The Labute approximate surface area is 404 Å². The number of hydrogen-bond donors (Lipinski definition) is 0. The summed E-state index contributed by atoms with van der Waals surface area (Å²) in [4.78, 5) is 0. The summed E-state index contributed by atoms with van der Waals surface area (Å²) in [6.45, 7) is 30.9. The molecule has 2 aliphatic heterocycles. The van der Waals surface area contributed by atoms with E-state index < -0.39 is 0 Å². The van der Waals surface area contributed by atoms with E-state index in [-0.39, 0.29) is 0 Å². The Morgan fingerprint density at radius 2 is 0.938 bits per heavy atom. The number of allylic oxidation sites excluding steroid dienone is 2. The van der Waals surface area contributed by atoms with Gasteiger partial charge in [0.15, 0.2) is 0 Å². The Morgan fingerprint density at radius 1 is 0.438 bits per heavy atom. The standard InChI is InChI=1S/C10H16.C10H14.C10H18.C7H12.C7H14.2C5H10O.4C2H6/c2*1-2-9-7-4-5-8(6-7)10(9)3-1;1-9(2)8-4-6-10(9,3)7-5-8;1-2-7-4-3-6(1)5-7;1-7-5-3-2-4-6-7;1-5-3-2-4-6-5;1-2-4-6-5-3-1;4*1-2/h7-10H,1-6H2;1-2,7-10H,3-6H2;8H,4-7H2,1-3H3;6-7H,1-5H2;7H,2-6H2,1H3;5H,2-4H2,1H3;1-5H2;4*1-2H3. The molecule has 2 saturated heterocycles. The summed E-state index contributed by atoms with van der Waals surface area (Å²) in [6, 6.07) is 0. The second-order valence-electron chi connectivity index (χ2n) is 23.2. The first kappa shape index (κ1) is 58.0. The van der Waals surface area contributed by atoms with Crippen LogP contribution in [0.4, 0.5) is 0 Å². The Kier molecular flexibility index (Phi) is 28.7. The van der Waals surface area contributed by atoms with Crippen molar-refractivity contribution in [3.8, 4) is 0 Å². The second-order valence-corrected chi connectivity index (χ2v) is 23.2. The molecule has 0 amide bonds. The van der Waals surface area contributed by atoms with E-state index in [1.807, 2.05) is 55.4 Å². The number of ether oxygens (including phenoxy) is 2. The Hall–Kier alpha value is -0.340. The molecule has 0 radical (unpaired) electrons. The third-order valence-corrected chi connectivity index (χ3v) is 19.7. The van der Waals surface area contributed by atoms with Gasteiger partial charge in [0.2, 0.25) is 0 Å². The van der Waals surface area contributed by atoms with Crippen molar-refractivity contribution in [1.82, 2.24) is 0 Å². The largest absolute Gasteiger partial charge is 0.381 e. The zero-order chi connectivity index (χ0) is 47.0. The van der Waals surface area contributed by atoms with Gasteiger partial charge in [-0.2, -0.15) is 0 Å². The molecule has 13 rings (SSSR count). The lowest BCUT2D eigenvalue weighted by atomic mass is 9.71. The first-order chi connectivity index (χ1) is 31.2. The third-order valence-electron chi connectivity index (χ3n) is 19.7. The van der Waals surface area contributed by atoms with Crippen LogP contribution >= 0.6 is 0 Å². The third kappa shape index (κ3) is 17.0. The van der Waals surface area contributed by atoms with Crippen LogP contribution in [-0.2, 0) is 9.47 Å². The Balaban J connectivity index is 0.000000195. The van der Waals surface area contributed by atoms with Crippen LogP contribution in [0.3, 0.4) is 0 Å². The van der Waals surface area contributed by atoms with E-state index in [4.69, 9.17) is 9.47 Å². The molecular weight excluding hydrogens is 777 g/mol. The highest BCUT2D eigenvalue weighted by molar-refractivity contribution is 5.12. The average Bonchev–Trinajstić information content (AvgIpc) is 4.20. The van der Waals surface area contributed by atoms with E-state index in [0.29, 0.717) is 16.9 Å². The molecule has 0 N–H and O–H groups in total. The predicted octanol–water partition coefficient (Wildman–Crippen LogP) is 19.9. The summed E-state index contributed by atoms with van der Waals surface area (Å²) in [5.41, 5.74) is 1.37. The van der Waals surface area contributed by atoms with E-state index in [0.717, 1.165) is 55.3 Å². The van der Waals surface area contributed by atoms with E-state index in [1.54, 1.807) is 83.5 Å². The minimum Gasteiger partial charge on any atom is -0.381 e. The Bertz CT molecular complexity index is 1100. The first-order valence-electron chi connectivity index (χ1n) is 30.1. The van der Waals surface area contributed by atoms with Crippen molar-refractivity contribution in [3.63, 3.8) is 0 Å². The van der Waals surface area contributed by atoms with Gasteiger partial charge in [-0.1, -0.05) is 159 Å². The van der Waals surface area contributed by atoms with Gasteiger partial charge in [0.1, 0.15) is 0 Å². The van der Waals surface area contributed by atoms with Crippen LogP contribution in [0, 0.1) is 81.8 Å². The minimum absolute atomic E-state index is 0.546.